The number of carbonyl (C=O) groups excluding carboxylic acids is 1. The van der Waals surface area contributed by atoms with Crippen LogP contribution in [0.2, 0.25) is 0 Å². The first-order valence-electron chi connectivity index (χ1n) is 10.9. The number of alkyl carbamates (subject to hydrolysis) is 1. The summed E-state index contributed by atoms with van der Waals surface area (Å²) in [5.74, 6) is -0.777. The van der Waals surface area contributed by atoms with Crippen LogP contribution in [0.3, 0.4) is 0 Å². The lowest BCUT2D eigenvalue weighted by Crippen LogP contribution is -2.36. The number of hydrogen-bond acceptors (Lipinski definition) is 5. The van der Waals surface area contributed by atoms with Crippen molar-refractivity contribution in [2.75, 3.05) is 6.16 Å². The quantitative estimate of drug-likeness (QED) is 0.289. The molecule has 176 valence electrons. The summed E-state index contributed by atoms with van der Waals surface area (Å²) in [5.41, 5.74) is 1.73. The predicted molar refractivity (Wildman–Crippen MR) is 124 cm³/mol. The second-order valence-electron chi connectivity index (χ2n) is 8.21. The minimum absolute atomic E-state index is 0.0595. The average molecular weight is 464 g/mol. The van der Waals surface area contributed by atoms with E-state index in [1.165, 1.54) is 0 Å². The van der Waals surface area contributed by atoms with E-state index in [2.05, 4.69) is 5.32 Å². The van der Waals surface area contributed by atoms with Crippen LogP contribution < -0.4 is 5.32 Å². The van der Waals surface area contributed by atoms with Crippen LogP contribution in [0.4, 0.5) is 4.79 Å². The fourth-order valence-electron chi connectivity index (χ4n) is 3.03. The smallest absolute Gasteiger partial charge is 0.408 e. The molecule has 0 aromatic heterocycles. The van der Waals surface area contributed by atoms with Crippen LogP contribution in [0, 0.1) is 5.92 Å². The van der Waals surface area contributed by atoms with Crippen LogP contribution in [0.1, 0.15) is 44.2 Å². The Labute approximate surface area is 190 Å². The Morgan fingerprint density at radius 2 is 1.50 bits per heavy atom. The monoisotopic (exact) mass is 463 g/mol. The van der Waals surface area contributed by atoms with E-state index >= 15 is 0 Å². The zero-order chi connectivity index (χ0) is 23.4. The Morgan fingerprint density at radius 1 is 0.938 bits per heavy atom. The van der Waals surface area contributed by atoms with Gasteiger partial charge in [-0.05, 0) is 29.9 Å². The molecule has 0 saturated heterocycles. The van der Waals surface area contributed by atoms with E-state index in [1.807, 2.05) is 74.5 Å². The SMILES string of the molecule is CC(C)CCP(=O)(O)C(CCC(O)OCc1ccccc1)NC(=O)OCc1ccccc1. The topological polar surface area (TPSA) is 105 Å². The highest BCUT2D eigenvalue weighted by atomic mass is 31.2. The zero-order valence-electron chi connectivity index (χ0n) is 18.7. The van der Waals surface area contributed by atoms with Gasteiger partial charge in [0.15, 0.2) is 6.29 Å². The largest absolute Gasteiger partial charge is 0.445 e. The van der Waals surface area contributed by atoms with Crippen molar-refractivity contribution < 1.29 is 28.8 Å². The highest BCUT2D eigenvalue weighted by Crippen LogP contribution is 2.48. The molecule has 0 heterocycles. The maximum absolute atomic E-state index is 13.0. The van der Waals surface area contributed by atoms with Crippen molar-refractivity contribution in [2.45, 2.75) is 58.4 Å². The molecule has 8 heteroatoms. The van der Waals surface area contributed by atoms with Crippen LogP contribution in [0.25, 0.3) is 0 Å². The summed E-state index contributed by atoms with van der Waals surface area (Å²) in [6, 6.07) is 18.6. The van der Waals surface area contributed by atoms with Crippen LogP contribution in [0.15, 0.2) is 60.7 Å². The van der Waals surface area contributed by atoms with Crippen molar-refractivity contribution in [1.82, 2.24) is 5.32 Å². The summed E-state index contributed by atoms with van der Waals surface area (Å²) in [4.78, 5) is 22.9. The summed E-state index contributed by atoms with van der Waals surface area (Å²) >= 11 is 0. The highest BCUT2D eigenvalue weighted by molar-refractivity contribution is 7.58. The highest BCUT2D eigenvalue weighted by Gasteiger charge is 2.33. The molecular formula is C24H34NO6P. The van der Waals surface area contributed by atoms with Crippen molar-refractivity contribution in [3.8, 4) is 0 Å². The van der Waals surface area contributed by atoms with E-state index in [1.54, 1.807) is 0 Å². The number of amides is 1. The van der Waals surface area contributed by atoms with Crippen molar-refractivity contribution in [1.29, 1.82) is 0 Å². The Kier molecular flexibility index (Phi) is 10.9. The molecule has 0 bridgehead atoms. The van der Waals surface area contributed by atoms with Crippen LogP contribution in [-0.4, -0.2) is 34.3 Å². The van der Waals surface area contributed by atoms with E-state index in [0.717, 1.165) is 11.1 Å². The third-order valence-corrected chi connectivity index (χ3v) is 7.24. The van der Waals surface area contributed by atoms with Crippen LogP contribution >= 0.6 is 7.37 Å². The van der Waals surface area contributed by atoms with E-state index < -0.39 is 25.5 Å². The van der Waals surface area contributed by atoms with Crippen molar-refractivity contribution >= 4 is 13.5 Å². The number of hydrogen-bond donors (Lipinski definition) is 3. The number of carbonyl (C=O) groups is 1. The first-order valence-corrected chi connectivity index (χ1v) is 12.8. The normalized spacial score (nSPS) is 15.0. The van der Waals surface area contributed by atoms with Crippen molar-refractivity contribution in [3.05, 3.63) is 71.8 Å². The number of rotatable bonds is 13. The number of nitrogens with one attached hydrogen (secondary N) is 1. The molecule has 3 atom stereocenters. The Hall–Kier alpha value is -2.18. The second-order valence-corrected chi connectivity index (χ2v) is 10.8. The molecule has 0 saturated carbocycles. The predicted octanol–water partition coefficient (Wildman–Crippen LogP) is 4.87. The van der Waals surface area contributed by atoms with Gasteiger partial charge in [0.1, 0.15) is 12.4 Å². The van der Waals surface area contributed by atoms with Gasteiger partial charge >= 0.3 is 6.09 Å². The number of ether oxygens (including phenoxy) is 2. The van der Waals surface area contributed by atoms with Gasteiger partial charge < -0.3 is 24.8 Å². The van der Waals surface area contributed by atoms with Gasteiger partial charge in [0, 0.05) is 12.6 Å². The molecule has 0 fully saturated rings. The molecule has 7 nitrogen and oxygen atoms in total. The third kappa shape index (κ3) is 9.96. The average Bonchev–Trinajstić information content (AvgIpc) is 2.79. The standard InChI is InChI=1S/C24H34NO6P/c1-19(2)15-16-32(28,29)22(25-24(27)31-18-21-11-7-4-8-12-21)13-14-23(26)30-17-20-9-5-3-6-10-20/h3-12,19,22-23,26H,13-18H2,1-2H3,(H,25,27)(H,28,29). The van der Waals surface area contributed by atoms with E-state index in [-0.39, 0.29) is 38.1 Å². The van der Waals surface area contributed by atoms with Gasteiger partial charge in [-0.3, -0.25) is 4.57 Å². The molecule has 0 aliphatic rings. The van der Waals surface area contributed by atoms with E-state index in [9.17, 15) is 19.4 Å². The maximum Gasteiger partial charge on any atom is 0.408 e. The Balaban J connectivity index is 1.92. The molecule has 1 amide bonds. The molecule has 0 spiro atoms. The van der Waals surface area contributed by atoms with Gasteiger partial charge in [-0.25, -0.2) is 4.79 Å². The van der Waals surface area contributed by atoms with Gasteiger partial charge in [-0.1, -0.05) is 74.5 Å². The van der Waals surface area contributed by atoms with E-state index in [4.69, 9.17) is 9.47 Å². The molecule has 0 radical (unpaired) electrons. The van der Waals surface area contributed by atoms with Gasteiger partial charge in [-0.2, -0.15) is 0 Å². The first-order chi connectivity index (χ1) is 15.3. The molecule has 2 rings (SSSR count). The van der Waals surface area contributed by atoms with Gasteiger partial charge in [0.05, 0.1) is 6.61 Å². The lowest BCUT2D eigenvalue weighted by Gasteiger charge is -2.25. The third-order valence-electron chi connectivity index (χ3n) is 4.98. The Morgan fingerprint density at radius 3 is 2.06 bits per heavy atom. The first kappa shape index (κ1) is 26.1. The second kappa shape index (κ2) is 13.4. The molecular weight excluding hydrogens is 429 g/mol. The summed E-state index contributed by atoms with van der Waals surface area (Å²) in [6.07, 6.45) is -1.07. The van der Waals surface area contributed by atoms with Crippen molar-refractivity contribution in [2.24, 2.45) is 5.92 Å². The maximum atomic E-state index is 13.0. The van der Waals surface area contributed by atoms with Gasteiger partial charge in [-0.15, -0.1) is 0 Å². The summed E-state index contributed by atoms with van der Waals surface area (Å²) in [7, 11) is -3.72. The minimum atomic E-state index is -3.72. The summed E-state index contributed by atoms with van der Waals surface area (Å²) in [5, 5.41) is 12.7. The molecule has 2 aromatic rings. The zero-order valence-corrected chi connectivity index (χ0v) is 19.6. The van der Waals surface area contributed by atoms with E-state index in [0.29, 0.717) is 6.42 Å². The molecule has 2 aromatic carbocycles. The lowest BCUT2D eigenvalue weighted by molar-refractivity contribution is -0.112. The fourth-order valence-corrected chi connectivity index (χ4v) is 5.08. The molecule has 3 N–H and O–H groups in total. The molecule has 32 heavy (non-hydrogen) atoms. The van der Waals surface area contributed by atoms with Crippen molar-refractivity contribution in [3.63, 3.8) is 0 Å². The number of benzene rings is 2. The summed E-state index contributed by atoms with van der Waals surface area (Å²) < 4.78 is 23.6. The molecule has 0 aliphatic carbocycles. The van der Waals surface area contributed by atoms with Gasteiger partial charge in [0.25, 0.3) is 0 Å². The number of aliphatic hydroxyl groups excluding tert-OH is 1. The summed E-state index contributed by atoms with van der Waals surface area (Å²) in [6.45, 7) is 4.22. The molecule has 0 aliphatic heterocycles. The fraction of sp³-hybridized carbons (Fsp3) is 0.458. The minimum Gasteiger partial charge on any atom is -0.445 e. The van der Waals surface area contributed by atoms with Crippen LogP contribution in [-0.2, 0) is 27.3 Å². The lowest BCUT2D eigenvalue weighted by atomic mass is 10.2. The van der Waals surface area contributed by atoms with Crippen LogP contribution in [0.5, 0.6) is 0 Å². The Bertz CT molecular complexity index is 846. The van der Waals surface area contributed by atoms with Gasteiger partial charge in [0.2, 0.25) is 7.37 Å². The number of aliphatic hydroxyl groups is 1. The molecule has 3 unspecified atom stereocenters.